The van der Waals surface area contributed by atoms with Crippen LogP contribution in [0.2, 0.25) is 10.0 Å². The smallest absolute Gasteiger partial charge is 0.311 e. The maximum atomic E-state index is 12.4. The highest BCUT2D eigenvalue weighted by atomic mass is 35.5. The van der Waals surface area contributed by atoms with E-state index in [1.54, 1.807) is 30.3 Å². The van der Waals surface area contributed by atoms with Crippen LogP contribution in [0.4, 0.5) is 5.69 Å². The normalized spacial score (nSPS) is 15.3. The zero-order valence-corrected chi connectivity index (χ0v) is 18.4. The second-order valence-electron chi connectivity index (χ2n) is 6.81. The summed E-state index contributed by atoms with van der Waals surface area (Å²) in [6, 6.07) is 11.1. The van der Waals surface area contributed by atoms with E-state index in [1.807, 2.05) is 0 Å². The molecule has 2 aromatic rings. The van der Waals surface area contributed by atoms with Crippen molar-refractivity contribution in [1.29, 1.82) is 0 Å². The number of anilines is 1. The molecule has 0 aliphatic carbocycles. The average molecular weight is 480 g/mol. The molecule has 1 aliphatic rings. The van der Waals surface area contributed by atoms with Crippen molar-refractivity contribution in [2.45, 2.75) is 6.42 Å². The van der Waals surface area contributed by atoms with Crippen LogP contribution < -0.4 is 20.5 Å². The number of rotatable bonds is 6. The Morgan fingerprint density at radius 1 is 1.12 bits per heavy atom. The summed E-state index contributed by atoms with van der Waals surface area (Å²) in [5.74, 6) is -2.72. The Kier molecular flexibility index (Phi) is 7.55. The first-order chi connectivity index (χ1) is 15.3. The zero-order chi connectivity index (χ0) is 23.3. The van der Waals surface area contributed by atoms with Crippen molar-refractivity contribution >= 4 is 52.6 Å². The first-order valence-corrected chi connectivity index (χ1v) is 10.2. The highest BCUT2D eigenvalue weighted by Crippen LogP contribution is 2.35. The summed E-state index contributed by atoms with van der Waals surface area (Å²) in [6.45, 7) is -0.577. The van der Waals surface area contributed by atoms with Gasteiger partial charge < -0.3 is 14.4 Å². The quantitative estimate of drug-likeness (QED) is 0.485. The molecule has 1 saturated heterocycles. The van der Waals surface area contributed by atoms with E-state index in [0.717, 1.165) is 0 Å². The molecule has 3 amide bonds. The van der Waals surface area contributed by atoms with Crippen LogP contribution in [0, 0.1) is 5.92 Å². The molecule has 2 N–H and O–H groups in total. The molecule has 0 spiro atoms. The Morgan fingerprint density at radius 3 is 2.59 bits per heavy atom. The lowest BCUT2D eigenvalue weighted by molar-refractivity contribution is -0.152. The first kappa shape index (κ1) is 23.4. The maximum Gasteiger partial charge on any atom is 0.311 e. The van der Waals surface area contributed by atoms with Crippen molar-refractivity contribution in [1.82, 2.24) is 10.9 Å². The lowest BCUT2D eigenvalue weighted by Gasteiger charge is -2.19. The van der Waals surface area contributed by atoms with Gasteiger partial charge in [-0.3, -0.25) is 30.0 Å². The van der Waals surface area contributed by atoms with Crippen LogP contribution in [-0.2, 0) is 19.1 Å². The van der Waals surface area contributed by atoms with Gasteiger partial charge in [-0.25, -0.2) is 0 Å². The molecule has 1 aliphatic heterocycles. The molecule has 0 radical (unpaired) electrons. The number of carbonyl (C=O) groups is 4. The van der Waals surface area contributed by atoms with Gasteiger partial charge in [0.25, 0.3) is 11.8 Å². The van der Waals surface area contributed by atoms with Gasteiger partial charge in [0.2, 0.25) is 5.91 Å². The van der Waals surface area contributed by atoms with Gasteiger partial charge in [0.15, 0.2) is 6.61 Å². The van der Waals surface area contributed by atoms with E-state index >= 15 is 0 Å². The van der Waals surface area contributed by atoms with Crippen LogP contribution in [0.3, 0.4) is 0 Å². The standard InChI is InChI=1S/C21H19Cl2N3O6/c1-31-17-7-6-13(22)9-16(17)26-10-12(8-19(26)28)21(30)32-11-18(27)24-25-20(29)14-4-2-3-5-15(14)23/h2-7,9,12H,8,10-11H2,1H3,(H,24,27)(H,25,29)/t12-/m1/s1. The number of ether oxygens (including phenoxy) is 2. The summed E-state index contributed by atoms with van der Waals surface area (Å²) in [5, 5.41) is 0.632. The number of halogens is 2. The molecule has 3 rings (SSSR count). The van der Waals surface area contributed by atoms with Crippen molar-refractivity contribution in [3.8, 4) is 5.75 Å². The van der Waals surface area contributed by atoms with Crippen molar-refractivity contribution in [3.05, 3.63) is 58.1 Å². The summed E-state index contributed by atoms with van der Waals surface area (Å²) in [6.07, 6.45) is -0.0840. The number of nitrogens with one attached hydrogen (secondary N) is 2. The number of benzene rings is 2. The monoisotopic (exact) mass is 479 g/mol. The summed E-state index contributed by atoms with van der Waals surface area (Å²) in [7, 11) is 1.46. The molecule has 2 aromatic carbocycles. The van der Waals surface area contributed by atoms with E-state index in [1.165, 1.54) is 24.1 Å². The van der Waals surface area contributed by atoms with Crippen molar-refractivity contribution < 1.29 is 28.7 Å². The highest BCUT2D eigenvalue weighted by Gasteiger charge is 2.37. The molecular formula is C21H19Cl2N3O6. The van der Waals surface area contributed by atoms with Gasteiger partial charge in [0, 0.05) is 18.0 Å². The molecule has 1 atom stereocenters. The molecule has 0 aromatic heterocycles. The van der Waals surface area contributed by atoms with E-state index in [-0.39, 0.29) is 29.5 Å². The number of esters is 1. The molecule has 0 saturated carbocycles. The number of carbonyl (C=O) groups excluding carboxylic acids is 4. The fourth-order valence-electron chi connectivity index (χ4n) is 3.10. The molecule has 0 bridgehead atoms. The first-order valence-electron chi connectivity index (χ1n) is 9.44. The lowest BCUT2D eigenvalue weighted by atomic mass is 10.1. The van der Waals surface area contributed by atoms with Gasteiger partial charge in [-0.15, -0.1) is 0 Å². The highest BCUT2D eigenvalue weighted by molar-refractivity contribution is 6.33. The summed E-state index contributed by atoms with van der Waals surface area (Å²) in [5.41, 5.74) is 4.94. The lowest BCUT2D eigenvalue weighted by Crippen LogP contribution is -2.44. The van der Waals surface area contributed by atoms with Crippen LogP contribution in [0.5, 0.6) is 5.75 Å². The van der Waals surface area contributed by atoms with E-state index in [4.69, 9.17) is 32.7 Å². The SMILES string of the molecule is COc1ccc(Cl)cc1N1C[C@H](C(=O)OCC(=O)NNC(=O)c2ccccc2Cl)CC1=O. The molecule has 1 heterocycles. The topological polar surface area (TPSA) is 114 Å². The molecule has 1 fully saturated rings. The number of amides is 3. The molecule has 0 unspecified atom stereocenters. The Morgan fingerprint density at radius 2 is 1.88 bits per heavy atom. The van der Waals surface area contributed by atoms with Gasteiger partial charge >= 0.3 is 5.97 Å². The average Bonchev–Trinajstić information content (AvgIpc) is 3.17. The summed E-state index contributed by atoms with van der Waals surface area (Å²) < 4.78 is 10.3. The predicted octanol–water partition coefficient (Wildman–Crippen LogP) is 2.36. The third-order valence-electron chi connectivity index (χ3n) is 4.67. The number of hydrazine groups is 1. The van der Waals surface area contributed by atoms with Crippen LogP contribution in [0.1, 0.15) is 16.8 Å². The van der Waals surface area contributed by atoms with E-state index in [2.05, 4.69) is 10.9 Å². The maximum absolute atomic E-state index is 12.4. The predicted molar refractivity (Wildman–Crippen MR) is 116 cm³/mol. The minimum absolute atomic E-state index is 0.0548. The van der Waals surface area contributed by atoms with Crippen LogP contribution in [0.25, 0.3) is 0 Å². The van der Waals surface area contributed by atoms with Gasteiger partial charge in [0.05, 0.1) is 29.3 Å². The number of nitrogens with zero attached hydrogens (tertiary/aromatic N) is 1. The summed E-state index contributed by atoms with van der Waals surface area (Å²) in [4.78, 5) is 50.1. The largest absolute Gasteiger partial charge is 0.495 e. The summed E-state index contributed by atoms with van der Waals surface area (Å²) >= 11 is 11.9. The second-order valence-corrected chi connectivity index (χ2v) is 7.66. The second kappa shape index (κ2) is 10.3. The fraction of sp³-hybridized carbons (Fsp3) is 0.238. The fourth-order valence-corrected chi connectivity index (χ4v) is 3.49. The van der Waals surface area contributed by atoms with Crippen LogP contribution >= 0.6 is 23.2 Å². The Hall–Kier alpha value is -3.30. The Balaban J connectivity index is 1.51. The van der Waals surface area contributed by atoms with Crippen molar-refractivity contribution in [3.63, 3.8) is 0 Å². The molecule has 168 valence electrons. The van der Waals surface area contributed by atoms with E-state index in [0.29, 0.717) is 16.5 Å². The minimum Gasteiger partial charge on any atom is -0.495 e. The van der Waals surface area contributed by atoms with Crippen molar-refractivity contribution in [2.24, 2.45) is 5.92 Å². The number of methoxy groups -OCH3 is 1. The van der Waals surface area contributed by atoms with Gasteiger partial charge in [0.1, 0.15) is 5.75 Å². The van der Waals surface area contributed by atoms with Crippen molar-refractivity contribution in [2.75, 3.05) is 25.2 Å². The molecular weight excluding hydrogens is 461 g/mol. The molecule has 32 heavy (non-hydrogen) atoms. The number of hydrogen-bond acceptors (Lipinski definition) is 6. The minimum atomic E-state index is -0.767. The third-order valence-corrected chi connectivity index (χ3v) is 5.23. The Labute approximate surface area is 193 Å². The van der Waals surface area contributed by atoms with Crippen LogP contribution in [0.15, 0.2) is 42.5 Å². The molecule has 9 nitrogen and oxygen atoms in total. The zero-order valence-electron chi connectivity index (χ0n) is 16.9. The van der Waals surface area contributed by atoms with E-state index in [9.17, 15) is 19.2 Å². The third kappa shape index (κ3) is 5.49. The molecule has 11 heteroatoms. The van der Waals surface area contributed by atoms with Gasteiger partial charge in [-0.2, -0.15) is 0 Å². The van der Waals surface area contributed by atoms with Gasteiger partial charge in [-0.05, 0) is 30.3 Å². The number of hydrogen-bond donors (Lipinski definition) is 2. The van der Waals surface area contributed by atoms with Crippen LogP contribution in [-0.4, -0.2) is 44.0 Å². The Bertz CT molecular complexity index is 1060. The van der Waals surface area contributed by atoms with Gasteiger partial charge in [-0.1, -0.05) is 35.3 Å². The van der Waals surface area contributed by atoms with E-state index < -0.39 is 30.3 Å².